The third-order valence-electron chi connectivity index (χ3n) is 1.34. The van der Waals surface area contributed by atoms with Crippen LogP contribution in [0.3, 0.4) is 0 Å². The van der Waals surface area contributed by atoms with Gasteiger partial charge in [0.2, 0.25) is 15.0 Å². The molecular weight excluding hydrogens is 235 g/mol. The van der Waals surface area contributed by atoms with Crippen LogP contribution in [-0.4, -0.2) is 24.6 Å². The Morgan fingerprint density at radius 1 is 1.15 bits per heavy atom. The van der Waals surface area contributed by atoms with Crippen LogP contribution >= 0.6 is 23.2 Å². The molecule has 0 unspecified atom stereocenters. The zero-order chi connectivity index (χ0) is 10.2. The smallest absolute Gasteiger partial charge is 0.221 e. The number of hydrogen-bond acceptors (Lipinski definition) is 4. The zero-order valence-electron chi connectivity index (χ0n) is 6.88. The van der Waals surface area contributed by atoms with Crippen molar-refractivity contribution in [3.05, 3.63) is 15.9 Å². The molecule has 1 aromatic rings. The molecule has 0 N–H and O–H groups in total. The molecule has 0 amide bonds. The second-order valence-electron chi connectivity index (χ2n) is 2.48. The minimum atomic E-state index is -3.46. The average Bonchev–Trinajstić information content (AvgIpc) is 1.97. The van der Waals surface area contributed by atoms with E-state index < -0.39 is 9.84 Å². The molecule has 0 aliphatic rings. The second-order valence-corrected chi connectivity index (χ2v) is 5.11. The number of nitrogens with zero attached hydrogens (tertiary/aromatic N) is 2. The lowest BCUT2D eigenvalue weighted by atomic mass is 10.4. The van der Waals surface area contributed by atoms with Crippen molar-refractivity contribution in [3.63, 3.8) is 0 Å². The molecule has 0 bridgehead atoms. The van der Waals surface area contributed by atoms with E-state index in [1.54, 1.807) is 6.92 Å². The summed E-state index contributed by atoms with van der Waals surface area (Å²) in [6.07, 6.45) is 0.990. The number of aromatic nitrogens is 2. The van der Waals surface area contributed by atoms with Gasteiger partial charge in [0, 0.05) is 11.8 Å². The van der Waals surface area contributed by atoms with Crippen molar-refractivity contribution in [2.24, 2.45) is 0 Å². The quantitative estimate of drug-likeness (QED) is 0.552. The van der Waals surface area contributed by atoms with E-state index in [4.69, 9.17) is 23.2 Å². The average molecular weight is 241 g/mol. The minimum absolute atomic E-state index is 0.0559. The van der Waals surface area contributed by atoms with Crippen LogP contribution in [0.1, 0.15) is 5.56 Å². The third kappa shape index (κ3) is 2.30. The van der Waals surface area contributed by atoms with Gasteiger partial charge in [-0.3, -0.25) is 0 Å². The van der Waals surface area contributed by atoms with Crippen molar-refractivity contribution in [3.8, 4) is 0 Å². The number of sulfone groups is 1. The normalized spacial score (nSPS) is 11.7. The highest BCUT2D eigenvalue weighted by atomic mass is 35.5. The first kappa shape index (κ1) is 10.7. The fourth-order valence-corrected chi connectivity index (χ4v) is 1.61. The first-order valence-corrected chi connectivity index (χ1v) is 5.87. The van der Waals surface area contributed by atoms with Crippen LogP contribution in [0.15, 0.2) is 5.16 Å². The van der Waals surface area contributed by atoms with Crippen molar-refractivity contribution < 1.29 is 8.42 Å². The predicted molar refractivity (Wildman–Crippen MR) is 49.9 cm³/mol. The molecule has 4 nitrogen and oxygen atoms in total. The van der Waals surface area contributed by atoms with Crippen LogP contribution in [-0.2, 0) is 9.84 Å². The van der Waals surface area contributed by atoms with E-state index in [-0.39, 0.29) is 15.5 Å². The molecule has 0 saturated heterocycles. The molecule has 1 heterocycles. The minimum Gasteiger partial charge on any atom is -0.221 e. The molecule has 0 radical (unpaired) electrons. The Kier molecular flexibility index (Phi) is 2.79. The molecule has 13 heavy (non-hydrogen) atoms. The van der Waals surface area contributed by atoms with E-state index in [1.807, 2.05) is 0 Å². The Bertz CT molecular complexity index is 421. The summed E-state index contributed by atoms with van der Waals surface area (Å²) < 4.78 is 22.0. The maximum atomic E-state index is 11.0. The lowest BCUT2D eigenvalue weighted by Gasteiger charge is -2.01. The van der Waals surface area contributed by atoms with Crippen LogP contribution in [0.5, 0.6) is 0 Å². The van der Waals surface area contributed by atoms with Crippen LogP contribution in [0.2, 0.25) is 10.3 Å². The largest absolute Gasteiger partial charge is 0.249 e. The second kappa shape index (κ2) is 3.40. The van der Waals surface area contributed by atoms with Gasteiger partial charge in [-0.2, -0.15) is 0 Å². The van der Waals surface area contributed by atoms with Gasteiger partial charge in [0.1, 0.15) is 10.3 Å². The number of halogens is 2. The molecule has 1 rings (SSSR count). The summed E-state index contributed by atoms with van der Waals surface area (Å²) in [5.41, 5.74) is 0.468. The molecule has 1 aromatic heterocycles. The number of rotatable bonds is 1. The van der Waals surface area contributed by atoms with Gasteiger partial charge in [0.25, 0.3) is 0 Å². The van der Waals surface area contributed by atoms with Gasteiger partial charge < -0.3 is 0 Å². The zero-order valence-corrected chi connectivity index (χ0v) is 9.20. The summed E-state index contributed by atoms with van der Waals surface area (Å²) in [5, 5.41) is -0.242. The highest BCUT2D eigenvalue weighted by Gasteiger charge is 2.15. The fraction of sp³-hybridized carbons (Fsp3) is 0.333. The summed E-state index contributed by atoms with van der Waals surface area (Å²) in [6.45, 7) is 1.61. The Morgan fingerprint density at radius 2 is 1.54 bits per heavy atom. The highest BCUT2D eigenvalue weighted by molar-refractivity contribution is 7.90. The van der Waals surface area contributed by atoms with E-state index in [0.29, 0.717) is 5.56 Å². The van der Waals surface area contributed by atoms with Crippen molar-refractivity contribution in [2.45, 2.75) is 12.1 Å². The Balaban J connectivity index is 3.47. The summed E-state index contributed by atoms with van der Waals surface area (Å²) in [7, 11) is -3.46. The van der Waals surface area contributed by atoms with Crippen molar-refractivity contribution >= 4 is 33.0 Å². The van der Waals surface area contributed by atoms with Crippen LogP contribution < -0.4 is 0 Å². The monoisotopic (exact) mass is 240 g/mol. The molecule has 0 aromatic carbocycles. The van der Waals surface area contributed by atoms with Crippen molar-refractivity contribution in [1.82, 2.24) is 9.97 Å². The molecule has 0 aliphatic carbocycles. The van der Waals surface area contributed by atoms with Gasteiger partial charge in [-0.1, -0.05) is 23.2 Å². The van der Waals surface area contributed by atoms with Crippen molar-refractivity contribution in [2.75, 3.05) is 6.26 Å². The van der Waals surface area contributed by atoms with E-state index in [1.165, 1.54) is 0 Å². The Labute approximate surface area is 85.8 Å². The molecule has 72 valence electrons. The SMILES string of the molecule is Cc1c(Cl)nc(S(C)(=O)=O)nc1Cl. The van der Waals surface area contributed by atoms with E-state index in [2.05, 4.69) is 9.97 Å². The fourth-order valence-electron chi connectivity index (χ4n) is 0.612. The van der Waals surface area contributed by atoms with E-state index in [9.17, 15) is 8.42 Å². The molecule has 7 heteroatoms. The topological polar surface area (TPSA) is 59.9 Å². The molecule has 0 aliphatic heterocycles. The summed E-state index contributed by atoms with van der Waals surface area (Å²) in [6, 6.07) is 0. The lowest BCUT2D eigenvalue weighted by Crippen LogP contribution is -2.05. The molecule has 0 saturated carbocycles. The summed E-state index contributed by atoms with van der Waals surface area (Å²) in [5.74, 6) is 0. The van der Waals surface area contributed by atoms with E-state index in [0.717, 1.165) is 6.26 Å². The first-order chi connectivity index (χ1) is 5.82. The van der Waals surface area contributed by atoms with Gasteiger partial charge in [-0.15, -0.1) is 0 Å². The molecular formula is C6H6Cl2N2O2S. The summed E-state index contributed by atoms with van der Waals surface area (Å²) >= 11 is 11.3. The standard InChI is InChI=1S/C6H6Cl2N2O2S/c1-3-4(7)9-6(10-5(3)8)13(2,11)12/h1-2H3. The van der Waals surface area contributed by atoms with Crippen molar-refractivity contribution in [1.29, 1.82) is 0 Å². The molecule has 0 fully saturated rings. The lowest BCUT2D eigenvalue weighted by molar-refractivity contribution is 0.592. The molecule has 0 spiro atoms. The maximum Gasteiger partial charge on any atom is 0.249 e. The van der Waals surface area contributed by atoms with Gasteiger partial charge in [-0.05, 0) is 6.92 Å². The van der Waals surface area contributed by atoms with Gasteiger partial charge >= 0.3 is 0 Å². The van der Waals surface area contributed by atoms with E-state index >= 15 is 0 Å². The summed E-state index contributed by atoms with van der Waals surface area (Å²) in [4.78, 5) is 7.17. The van der Waals surface area contributed by atoms with Gasteiger partial charge in [0.05, 0.1) is 0 Å². The van der Waals surface area contributed by atoms with Crippen LogP contribution in [0.4, 0.5) is 0 Å². The van der Waals surface area contributed by atoms with Crippen LogP contribution in [0, 0.1) is 6.92 Å². The Morgan fingerprint density at radius 3 is 1.85 bits per heavy atom. The van der Waals surface area contributed by atoms with Gasteiger partial charge in [0.15, 0.2) is 0 Å². The van der Waals surface area contributed by atoms with Gasteiger partial charge in [-0.25, -0.2) is 18.4 Å². The first-order valence-electron chi connectivity index (χ1n) is 3.22. The highest BCUT2D eigenvalue weighted by Crippen LogP contribution is 2.20. The van der Waals surface area contributed by atoms with Crippen LogP contribution in [0.25, 0.3) is 0 Å². The molecule has 0 atom stereocenters. The number of hydrogen-bond donors (Lipinski definition) is 0. The third-order valence-corrected chi connectivity index (χ3v) is 2.92. The predicted octanol–water partition coefficient (Wildman–Crippen LogP) is 1.50. The maximum absolute atomic E-state index is 11.0. The Hall–Kier alpha value is -0.390.